The summed E-state index contributed by atoms with van der Waals surface area (Å²) in [4.78, 5) is 47.1. The molecule has 0 saturated carbocycles. The fraction of sp³-hybridized carbons (Fsp3) is 0.147. The molecule has 6 rings (SSSR count). The smallest absolute Gasteiger partial charge is 0.490 e. The predicted molar refractivity (Wildman–Crippen MR) is 173 cm³/mol. The first-order valence-electron chi connectivity index (χ1n) is 14.3. The predicted octanol–water partition coefficient (Wildman–Crippen LogP) is 7.10. The number of nitrogens with one attached hydrogen (secondary N) is 1. The number of carbonyl (C=O) groups is 2. The molecule has 1 aromatic heterocycles. The number of halogens is 1. The molecule has 1 amide bonds. The van der Waals surface area contributed by atoms with Crippen LogP contribution in [-0.4, -0.2) is 36.9 Å². The van der Waals surface area contributed by atoms with Crippen molar-refractivity contribution in [2.24, 2.45) is 0 Å². The van der Waals surface area contributed by atoms with Gasteiger partial charge in [-0.2, -0.15) is 0 Å². The van der Waals surface area contributed by atoms with Crippen molar-refractivity contribution in [2.45, 2.75) is 12.5 Å². The lowest BCUT2D eigenvalue weighted by atomic mass is 9.98. The van der Waals surface area contributed by atoms with E-state index in [2.05, 4.69) is 33.4 Å². The first-order chi connectivity index (χ1) is 22.8. The maximum atomic E-state index is 12.5. The third-order valence-corrected chi connectivity index (χ3v) is 8.07. The van der Waals surface area contributed by atoms with Crippen LogP contribution in [0.1, 0.15) is 22.6 Å². The van der Waals surface area contributed by atoms with Gasteiger partial charge in [0.05, 0.1) is 15.9 Å². The molecule has 1 heterocycles. The van der Waals surface area contributed by atoms with Crippen LogP contribution in [0.25, 0.3) is 22.1 Å². The number of amides is 1. The lowest BCUT2D eigenvalue weighted by Gasteiger charge is -2.15. The molecule has 0 radical (unpaired) electrons. The summed E-state index contributed by atoms with van der Waals surface area (Å²) in [7, 11) is 0. The van der Waals surface area contributed by atoms with Gasteiger partial charge in [0.1, 0.15) is 36.9 Å². The maximum Gasteiger partial charge on any atom is 0.514 e. The SMILES string of the molecule is O=C(NCCOc1cc2oc(=O)cc(COC(=O)Oc3ccc([N+](=O)[O-])cc3)c2cc1Br)OCC1c2ccccc2-c2ccccc21. The fourth-order valence-corrected chi connectivity index (χ4v) is 5.78. The minimum absolute atomic E-state index is 0.0516. The van der Waals surface area contributed by atoms with Gasteiger partial charge in [-0.25, -0.2) is 14.4 Å². The standard InChI is InChI=1S/C34H25BrN2O10/c35-29-16-27-20(18-45-34(40)46-22-11-9-21(10-12-22)37(41)42)15-32(38)47-30(27)17-31(29)43-14-13-36-33(39)44-19-28-25-7-3-1-5-23(25)24-6-2-4-8-26(24)28/h1-12,15-17,28H,13-14,18-19H2,(H,36,39). The van der Waals surface area contributed by atoms with Crippen LogP contribution in [0.4, 0.5) is 15.3 Å². The van der Waals surface area contributed by atoms with E-state index in [9.17, 15) is 24.5 Å². The third-order valence-electron chi connectivity index (χ3n) is 7.45. The number of hydrogen-bond donors (Lipinski definition) is 1. The van der Waals surface area contributed by atoms with Crippen LogP contribution in [0.3, 0.4) is 0 Å². The molecule has 47 heavy (non-hydrogen) atoms. The molecule has 12 nitrogen and oxygen atoms in total. The Morgan fingerprint density at radius 1 is 0.915 bits per heavy atom. The number of nitro groups is 1. The Kier molecular flexibility index (Phi) is 9.16. The first kappa shape index (κ1) is 31.3. The Morgan fingerprint density at radius 2 is 1.60 bits per heavy atom. The average Bonchev–Trinajstić information content (AvgIpc) is 3.38. The molecule has 1 aliphatic rings. The van der Waals surface area contributed by atoms with Gasteiger partial charge in [0.2, 0.25) is 0 Å². The Bertz CT molecular complexity index is 2000. The highest BCUT2D eigenvalue weighted by Gasteiger charge is 2.29. The summed E-state index contributed by atoms with van der Waals surface area (Å²) in [6.07, 6.45) is -1.64. The van der Waals surface area contributed by atoms with Crippen molar-refractivity contribution in [2.75, 3.05) is 19.8 Å². The van der Waals surface area contributed by atoms with E-state index in [1.54, 1.807) is 6.07 Å². The number of nitro benzene ring substituents is 1. The molecule has 0 atom stereocenters. The highest BCUT2D eigenvalue weighted by Crippen LogP contribution is 2.44. The zero-order valence-corrected chi connectivity index (χ0v) is 26.1. The van der Waals surface area contributed by atoms with E-state index < -0.39 is 22.8 Å². The summed E-state index contributed by atoms with van der Waals surface area (Å²) in [6, 6.07) is 25.4. The molecule has 1 N–H and O–H groups in total. The van der Waals surface area contributed by atoms with Crippen LogP contribution in [0.2, 0.25) is 0 Å². The first-order valence-corrected chi connectivity index (χ1v) is 15.1. The number of hydrogen-bond acceptors (Lipinski definition) is 10. The van der Waals surface area contributed by atoms with Crippen molar-refractivity contribution in [3.63, 3.8) is 0 Å². The molecule has 13 heteroatoms. The van der Waals surface area contributed by atoms with Gasteiger partial charge in [-0.1, -0.05) is 48.5 Å². The largest absolute Gasteiger partial charge is 0.514 e. The van der Waals surface area contributed by atoms with Crippen molar-refractivity contribution in [1.82, 2.24) is 5.32 Å². The molecule has 0 aliphatic heterocycles. The van der Waals surface area contributed by atoms with E-state index in [1.807, 2.05) is 36.4 Å². The summed E-state index contributed by atoms with van der Waals surface area (Å²) < 4.78 is 27.4. The second-order valence-corrected chi connectivity index (χ2v) is 11.2. The molecule has 238 valence electrons. The summed E-state index contributed by atoms with van der Waals surface area (Å²) in [5.74, 6) is 0.352. The summed E-state index contributed by atoms with van der Waals surface area (Å²) in [5.41, 5.74) is 4.22. The molecule has 1 aliphatic carbocycles. The maximum absolute atomic E-state index is 12.5. The van der Waals surface area contributed by atoms with Gasteiger partial charge in [-0.05, 0) is 56.4 Å². The highest BCUT2D eigenvalue weighted by atomic mass is 79.9. The molecule has 5 aromatic rings. The zero-order valence-electron chi connectivity index (χ0n) is 24.5. The molecule has 0 unspecified atom stereocenters. The van der Waals surface area contributed by atoms with Crippen LogP contribution in [0.15, 0.2) is 105 Å². The van der Waals surface area contributed by atoms with Gasteiger partial charge in [0.25, 0.3) is 5.69 Å². The van der Waals surface area contributed by atoms with Crippen molar-refractivity contribution in [3.8, 4) is 22.6 Å². The van der Waals surface area contributed by atoms with E-state index in [-0.39, 0.29) is 49.3 Å². The monoisotopic (exact) mass is 700 g/mol. The molecular weight excluding hydrogens is 676 g/mol. The molecule has 0 bridgehead atoms. The second kappa shape index (κ2) is 13.7. The number of non-ortho nitro benzene ring substituents is 1. The van der Waals surface area contributed by atoms with Gasteiger partial charge < -0.3 is 28.7 Å². The number of nitrogens with zero attached hydrogens (tertiary/aromatic N) is 1. The lowest BCUT2D eigenvalue weighted by Crippen LogP contribution is -2.29. The van der Waals surface area contributed by atoms with Crippen molar-refractivity contribution >= 4 is 44.8 Å². The van der Waals surface area contributed by atoms with Gasteiger partial charge >= 0.3 is 17.9 Å². The Morgan fingerprint density at radius 3 is 2.28 bits per heavy atom. The normalized spacial score (nSPS) is 11.8. The van der Waals surface area contributed by atoms with Crippen LogP contribution >= 0.6 is 15.9 Å². The van der Waals surface area contributed by atoms with E-state index in [1.165, 1.54) is 36.4 Å². The average molecular weight is 701 g/mol. The van der Waals surface area contributed by atoms with E-state index >= 15 is 0 Å². The van der Waals surface area contributed by atoms with Crippen molar-refractivity contribution < 1.29 is 37.9 Å². The minimum atomic E-state index is -1.07. The Balaban J connectivity index is 1.01. The van der Waals surface area contributed by atoms with Crippen LogP contribution in [0.5, 0.6) is 11.5 Å². The summed E-state index contributed by atoms with van der Waals surface area (Å²) in [6.45, 7) is 0.118. The Labute approximate surface area is 275 Å². The topological polar surface area (TPSA) is 156 Å². The molecule has 0 fully saturated rings. The molecule has 0 saturated heterocycles. The number of ether oxygens (including phenoxy) is 4. The van der Waals surface area contributed by atoms with E-state index in [0.717, 1.165) is 22.3 Å². The number of fused-ring (bicyclic) bond motifs is 4. The van der Waals surface area contributed by atoms with Crippen LogP contribution in [-0.2, 0) is 16.1 Å². The van der Waals surface area contributed by atoms with Crippen LogP contribution < -0.4 is 20.4 Å². The summed E-state index contributed by atoms with van der Waals surface area (Å²) >= 11 is 3.44. The number of carbonyl (C=O) groups excluding carboxylic acids is 2. The Hall–Kier alpha value is -5.69. The number of benzene rings is 4. The molecule has 4 aromatic carbocycles. The zero-order chi connectivity index (χ0) is 32.9. The fourth-order valence-electron chi connectivity index (χ4n) is 5.32. The van der Waals surface area contributed by atoms with E-state index in [4.69, 9.17) is 23.4 Å². The van der Waals surface area contributed by atoms with Gasteiger partial charge in [-0.3, -0.25) is 10.1 Å². The van der Waals surface area contributed by atoms with Crippen molar-refractivity contribution in [1.29, 1.82) is 0 Å². The minimum Gasteiger partial charge on any atom is -0.490 e. The number of alkyl carbamates (subject to hydrolysis) is 1. The third kappa shape index (κ3) is 7.10. The van der Waals surface area contributed by atoms with Gasteiger partial charge in [0.15, 0.2) is 0 Å². The second-order valence-electron chi connectivity index (χ2n) is 10.4. The van der Waals surface area contributed by atoms with Crippen molar-refractivity contribution in [3.05, 3.63) is 133 Å². The number of rotatable bonds is 10. The quantitative estimate of drug-likeness (QED) is 0.0398. The molecular formula is C34H25BrN2O10. The summed E-state index contributed by atoms with van der Waals surface area (Å²) in [5, 5.41) is 14.0. The van der Waals surface area contributed by atoms with E-state index in [0.29, 0.717) is 21.2 Å². The molecule has 0 spiro atoms. The van der Waals surface area contributed by atoms with Gasteiger partial charge in [-0.15, -0.1) is 0 Å². The lowest BCUT2D eigenvalue weighted by molar-refractivity contribution is -0.384. The van der Waals surface area contributed by atoms with Gasteiger partial charge in [0, 0.05) is 41.1 Å². The highest BCUT2D eigenvalue weighted by molar-refractivity contribution is 9.10. The van der Waals surface area contributed by atoms with Crippen LogP contribution in [0, 0.1) is 10.1 Å².